The van der Waals surface area contributed by atoms with E-state index in [1.807, 2.05) is 0 Å². The number of fused-ring (bicyclic) bond motifs is 1. The molecule has 0 saturated heterocycles. The molecule has 0 radical (unpaired) electrons. The molecule has 26 heavy (non-hydrogen) atoms. The standard InChI is InChI=1S/C20H17NO5/c22-12-14-9-15(13-23)11-16(10-14)26-8-4-3-7-21-19(24)17-5-1-2-6-18(17)20(21)25/h1-2,5-6,9-13H,3-4,7-8H2. The summed E-state index contributed by atoms with van der Waals surface area (Å²) < 4.78 is 5.57. The van der Waals surface area contributed by atoms with Gasteiger partial charge < -0.3 is 4.74 Å². The molecule has 0 N–H and O–H groups in total. The van der Waals surface area contributed by atoms with E-state index in [1.165, 1.54) is 11.0 Å². The molecule has 0 aromatic heterocycles. The third-order valence-corrected chi connectivity index (χ3v) is 4.15. The molecule has 1 aliphatic rings. The zero-order valence-corrected chi connectivity index (χ0v) is 14.0. The molecule has 0 aliphatic carbocycles. The highest BCUT2D eigenvalue weighted by Crippen LogP contribution is 2.22. The molecule has 6 nitrogen and oxygen atoms in total. The van der Waals surface area contributed by atoms with Gasteiger partial charge in [0.15, 0.2) is 0 Å². The third-order valence-electron chi connectivity index (χ3n) is 4.15. The van der Waals surface area contributed by atoms with Crippen LogP contribution in [0, 0.1) is 0 Å². The molecule has 2 amide bonds. The van der Waals surface area contributed by atoms with E-state index in [0.29, 0.717) is 66.6 Å². The van der Waals surface area contributed by atoms with Crippen LogP contribution in [0.4, 0.5) is 0 Å². The third kappa shape index (κ3) is 3.54. The van der Waals surface area contributed by atoms with E-state index in [9.17, 15) is 19.2 Å². The van der Waals surface area contributed by atoms with Crippen molar-refractivity contribution >= 4 is 24.4 Å². The Labute approximate surface area is 150 Å². The fourth-order valence-electron chi connectivity index (χ4n) is 2.87. The number of benzene rings is 2. The lowest BCUT2D eigenvalue weighted by Crippen LogP contribution is -2.30. The number of imide groups is 1. The number of carbonyl (C=O) groups is 4. The highest BCUT2D eigenvalue weighted by Gasteiger charge is 2.34. The van der Waals surface area contributed by atoms with Crippen LogP contribution in [-0.4, -0.2) is 42.4 Å². The first-order valence-electron chi connectivity index (χ1n) is 8.27. The zero-order chi connectivity index (χ0) is 18.5. The van der Waals surface area contributed by atoms with Gasteiger partial charge in [0.05, 0.1) is 17.7 Å². The zero-order valence-electron chi connectivity index (χ0n) is 14.0. The van der Waals surface area contributed by atoms with E-state index in [1.54, 1.807) is 36.4 Å². The van der Waals surface area contributed by atoms with Crippen LogP contribution < -0.4 is 4.74 Å². The Morgan fingerprint density at radius 1 is 0.846 bits per heavy atom. The van der Waals surface area contributed by atoms with Crippen molar-refractivity contribution in [1.82, 2.24) is 4.90 Å². The average molecular weight is 351 g/mol. The summed E-state index contributed by atoms with van der Waals surface area (Å²) in [6.07, 6.45) is 2.53. The van der Waals surface area contributed by atoms with Crippen molar-refractivity contribution in [3.8, 4) is 5.75 Å². The predicted molar refractivity (Wildman–Crippen MR) is 93.8 cm³/mol. The SMILES string of the molecule is O=Cc1cc(C=O)cc(OCCCCN2C(=O)c3ccccc3C2=O)c1. The summed E-state index contributed by atoms with van der Waals surface area (Å²) in [5, 5.41) is 0. The van der Waals surface area contributed by atoms with Crippen molar-refractivity contribution in [2.75, 3.05) is 13.2 Å². The normalized spacial score (nSPS) is 12.8. The molecular weight excluding hydrogens is 334 g/mol. The van der Waals surface area contributed by atoms with Gasteiger partial charge in [0.1, 0.15) is 18.3 Å². The molecule has 2 aromatic rings. The van der Waals surface area contributed by atoms with Gasteiger partial charge in [-0.15, -0.1) is 0 Å². The predicted octanol–water partition coefficient (Wildman–Crippen LogP) is 2.77. The van der Waals surface area contributed by atoms with Crippen molar-refractivity contribution in [1.29, 1.82) is 0 Å². The molecule has 0 bridgehead atoms. The topological polar surface area (TPSA) is 80.8 Å². The minimum atomic E-state index is -0.263. The van der Waals surface area contributed by atoms with Crippen LogP contribution in [-0.2, 0) is 0 Å². The Balaban J connectivity index is 1.50. The quantitative estimate of drug-likeness (QED) is 0.415. The van der Waals surface area contributed by atoms with Crippen LogP contribution in [0.2, 0.25) is 0 Å². The number of nitrogens with zero attached hydrogens (tertiary/aromatic N) is 1. The molecular formula is C20H17NO5. The Bertz CT molecular complexity index is 813. The Kier molecular flexibility index (Phi) is 5.22. The van der Waals surface area contributed by atoms with E-state index in [0.717, 1.165) is 0 Å². The summed E-state index contributed by atoms with van der Waals surface area (Å²) in [7, 11) is 0. The maximum Gasteiger partial charge on any atom is 0.261 e. The lowest BCUT2D eigenvalue weighted by Gasteiger charge is -2.14. The molecule has 0 spiro atoms. The lowest BCUT2D eigenvalue weighted by atomic mass is 10.1. The first-order valence-corrected chi connectivity index (χ1v) is 8.27. The number of unbranched alkanes of at least 4 members (excludes halogenated alkanes) is 1. The van der Waals surface area contributed by atoms with Crippen molar-refractivity contribution in [3.05, 3.63) is 64.7 Å². The van der Waals surface area contributed by atoms with Crippen LogP contribution >= 0.6 is 0 Å². The van der Waals surface area contributed by atoms with Gasteiger partial charge in [-0.25, -0.2) is 0 Å². The molecule has 1 heterocycles. The van der Waals surface area contributed by atoms with E-state index in [2.05, 4.69) is 0 Å². The molecule has 6 heteroatoms. The fraction of sp³-hybridized carbons (Fsp3) is 0.200. The smallest absolute Gasteiger partial charge is 0.261 e. The second kappa shape index (κ2) is 7.74. The molecule has 0 fully saturated rings. The van der Waals surface area contributed by atoms with Crippen molar-refractivity contribution in [3.63, 3.8) is 0 Å². The average Bonchev–Trinajstić information content (AvgIpc) is 2.92. The minimum Gasteiger partial charge on any atom is -0.494 e. The first-order chi connectivity index (χ1) is 12.6. The molecule has 0 unspecified atom stereocenters. The van der Waals surface area contributed by atoms with Gasteiger partial charge in [-0.05, 0) is 43.2 Å². The second-order valence-electron chi connectivity index (χ2n) is 5.93. The van der Waals surface area contributed by atoms with Gasteiger partial charge in [-0.2, -0.15) is 0 Å². The number of aldehydes is 2. The van der Waals surface area contributed by atoms with Gasteiger partial charge in [0.25, 0.3) is 11.8 Å². The Morgan fingerprint density at radius 2 is 1.42 bits per heavy atom. The molecule has 0 atom stereocenters. The highest BCUT2D eigenvalue weighted by molar-refractivity contribution is 6.21. The number of rotatable bonds is 8. The number of ether oxygens (including phenoxy) is 1. The van der Waals surface area contributed by atoms with Crippen LogP contribution in [0.25, 0.3) is 0 Å². The monoisotopic (exact) mass is 351 g/mol. The van der Waals surface area contributed by atoms with Gasteiger partial charge in [-0.3, -0.25) is 24.1 Å². The summed E-state index contributed by atoms with van der Waals surface area (Å²) in [5.74, 6) is -0.0842. The summed E-state index contributed by atoms with van der Waals surface area (Å²) in [6.45, 7) is 0.674. The van der Waals surface area contributed by atoms with Crippen molar-refractivity contribution in [2.24, 2.45) is 0 Å². The highest BCUT2D eigenvalue weighted by atomic mass is 16.5. The molecule has 3 rings (SSSR count). The number of hydrogen-bond acceptors (Lipinski definition) is 5. The summed E-state index contributed by atoms with van der Waals surface area (Å²) in [6, 6.07) is 11.4. The van der Waals surface area contributed by atoms with Gasteiger partial charge in [0.2, 0.25) is 0 Å². The van der Waals surface area contributed by atoms with E-state index >= 15 is 0 Å². The number of hydrogen-bond donors (Lipinski definition) is 0. The summed E-state index contributed by atoms with van der Waals surface area (Å²) in [4.78, 5) is 47.5. The Hall–Kier alpha value is -3.28. The van der Waals surface area contributed by atoms with E-state index in [-0.39, 0.29) is 11.8 Å². The van der Waals surface area contributed by atoms with E-state index < -0.39 is 0 Å². The van der Waals surface area contributed by atoms with Crippen LogP contribution in [0.5, 0.6) is 5.75 Å². The number of amides is 2. The Morgan fingerprint density at radius 3 is 1.96 bits per heavy atom. The maximum absolute atomic E-state index is 12.2. The van der Waals surface area contributed by atoms with E-state index in [4.69, 9.17) is 4.74 Å². The maximum atomic E-state index is 12.2. The van der Waals surface area contributed by atoms with Crippen LogP contribution in [0.3, 0.4) is 0 Å². The molecule has 0 saturated carbocycles. The molecule has 132 valence electrons. The van der Waals surface area contributed by atoms with Crippen molar-refractivity contribution < 1.29 is 23.9 Å². The minimum absolute atomic E-state index is 0.263. The summed E-state index contributed by atoms with van der Waals surface area (Å²) >= 11 is 0. The molecule has 2 aromatic carbocycles. The van der Waals surface area contributed by atoms with Crippen LogP contribution in [0.15, 0.2) is 42.5 Å². The van der Waals surface area contributed by atoms with Gasteiger partial charge in [0, 0.05) is 17.7 Å². The fourth-order valence-corrected chi connectivity index (χ4v) is 2.87. The summed E-state index contributed by atoms with van der Waals surface area (Å²) in [5.41, 5.74) is 1.63. The molecule has 1 aliphatic heterocycles. The lowest BCUT2D eigenvalue weighted by molar-refractivity contribution is 0.0649. The second-order valence-corrected chi connectivity index (χ2v) is 5.93. The van der Waals surface area contributed by atoms with Crippen LogP contribution in [0.1, 0.15) is 54.3 Å². The largest absolute Gasteiger partial charge is 0.494 e. The number of carbonyl (C=O) groups excluding carboxylic acids is 4. The van der Waals surface area contributed by atoms with Crippen molar-refractivity contribution in [2.45, 2.75) is 12.8 Å². The van der Waals surface area contributed by atoms with Gasteiger partial charge in [-0.1, -0.05) is 12.1 Å². The first kappa shape index (κ1) is 17.5. The van der Waals surface area contributed by atoms with Gasteiger partial charge >= 0.3 is 0 Å².